The summed E-state index contributed by atoms with van der Waals surface area (Å²) in [6, 6.07) is 3.21. The van der Waals surface area contributed by atoms with Gasteiger partial charge in [-0.3, -0.25) is 4.79 Å². The zero-order chi connectivity index (χ0) is 12.4. The molecule has 0 aliphatic heterocycles. The SMILES string of the molecule is CCOC(=O)c1cn2cccc(C(N)=O)c2n1. The Hall–Kier alpha value is -2.37. The second kappa shape index (κ2) is 4.25. The van der Waals surface area contributed by atoms with Crippen molar-refractivity contribution in [1.82, 2.24) is 9.38 Å². The van der Waals surface area contributed by atoms with Gasteiger partial charge >= 0.3 is 5.97 Å². The quantitative estimate of drug-likeness (QED) is 0.787. The fourth-order valence-corrected chi connectivity index (χ4v) is 1.51. The molecule has 0 atom stereocenters. The summed E-state index contributed by atoms with van der Waals surface area (Å²) in [5.41, 5.74) is 5.99. The third-order valence-electron chi connectivity index (χ3n) is 2.23. The van der Waals surface area contributed by atoms with Gasteiger partial charge in [0, 0.05) is 12.4 Å². The van der Waals surface area contributed by atoms with E-state index in [1.807, 2.05) is 0 Å². The predicted molar refractivity (Wildman–Crippen MR) is 59.7 cm³/mol. The van der Waals surface area contributed by atoms with Crippen molar-refractivity contribution in [3.63, 3.8) is 0 Å². The molecular formula is C11H11N3O3. The second-order valence-corrected chi connectivity index (χ2v) is 3.36. The van der Waals surface area contributed by atoms with Crippen molar-refractivity contribution in [1.29, 1.82) is 0 Å². The van der Waals surface area contributed by atoms with Crippen LogP contribution in [0.5, 0.6) is 0 Å². The Labute approximate surface area is 97.0 Å². The average Bonchev–Trinajstić information content (AvgIpc) is 2.72. The van der Waals surface area contributed by atoms with Crippen LogP contribution in [-0.2, 0) is 4.74 Å². The number of hydrogen-bond acceptors (Lipinski definition) is 4. The number of pyridine rings is 1. The third-order valence-corrected chi connectivity index (χ3v) is 2.23. The minimum atomic E-state index is -0.586. The van der Waals surface area contributed by atoms with E-state index in [4.69, 9.17) is 10.5 Å². The molecule has 2 rings (SSSR count). The van der Waals surface area contributed by atoms with E-state index in [-0.39, 0.29) is 17.9 Å². The molecule has 2 N–H and O–H groups in total. The highest BCUT2D eigenvalue weighted by Gasteiger charge is 2.15. The number of hydrogen-bond donors (Lipinski definition) is 1. The van der Waals surface area contributed by atoms with Gasteiger partial charge in [0.25, 0.3) is 5.91 Å². The highest BCUT2D eigenvalue weighted by molar-refractivity contribution is 5.99. The Balaban J connectivity index is 2.54. The number of rotatable bonds is 3. The normalized spacial score (nSPS) is 10.4. The highest BCUT2D eigenvalue weighted by atomic mass is 16.5. The molecule has 0 aliphatic carbocycles. The largest absolute Gasteiger partial charge is 0.461 e. The molecule has 2 aromatic heterocycles. The fraction of sp³-hybridized carbons (Fsp3) is 0.182. The van der Waals surface area contributed by atoms with Crippen LogP contribution < -0.4 is 5.73 Å². The summed E-state index contributed by atoms with van der Waals surface area (Å²) in [7, 11) is 0. The molecule has 88 valence electrons. The monoisotopic (exact) mass is 233 g/mol. The van der Waals surface area contributed by atoms with Gasteiger partial charge in [-0.2, -0.15) is 0 Å². The van der Waals surface area contributed by atoms with Crippen molar-refractivity contribution >= 4 is 17.5 Å². The summed E-state index contributed by atoms with van der Waals surface area (Å²) in [5.74, 6) is -1.11. The third kappa shape index (κ3) is 1.96. The minimum absolute atomic E-state index is 0.153. The maximum Gasteiger partial charge on any atom is 0.358 e. The number of carbonyl (C=O) groups excluding carboxylic acids is 2. The number of aromatic nitrogens is 2. The lowest BCUT2D eigenvalue weighted by Gasteiger charge is -1.97. The molecule has 0 saturated carbocycles. The zero-order valence-corrected chi connectivity index (χ0v) is 9.21. The molecule has 0 aliphatic rings. The van der Waals surface area contributed by atoms with Gasteiger partial charge in [0.2, 0.25) is 0 Å². The van der Waals surface area contributed by atoms with E-state index in [9.17, 15) is 9.59 Å². The van der Waals surface area contributed by atoms with Gasteiger partial charge in [-0.25, -0.2) is 9.78 Å². The number of esters is 1. The number of fused-ring (bicyclic) bond motifs is 1. The van der Waals surface area contributed by atoms with Crippen molar-refractivity contribution in [3.8, 4) is 0 Å². The number of imidazole rings is 1. The van der Waals surface area contributed by atoms with Crippen LogP contribution in [0.2, 0.25) is 0 Å². The van der Waals surface area contributed by atoms with Crippen LogP contribution in [0.15, 0.2) is 24.5 Å². The summed E-state index contributed by atoms with van der Waals surface area (Å²) in [4.78, 5) is 26.7. The molecule has 2 heterocycles. The first-order valence-electron chi connectivity index (χ1n) is 5.08. The Kier molecular flexibility index (Phi) is 2.78. The number of nitrogens with two attached hydrogens (primary N) is 1. The van der Waals surface area contributed by atoms with Gasteiger partial charge < -0.3 is 14.9 Å². The molecule has 0 saturated heterocycles. The fourth-order valence-electron chi connectivity index (χ4n) is 1.51. The van der Waals surface area contributed by atoms with Gasteiger partial charge in [0.1, 0.15) is 0 Å². The predicted octanol–water partition coefficient (Wildman–Crippen LogP) is 0.610. The van der Waals surface area contributed by atoms with Gasteiger partial charge in [0.05, 0.1) is 12.2 Å². The van der Waals surface area contributed by atoms with E-state index in [0.29, 0.717) is 5.65 Å². The Bertz CT molecular complexity index is 589. The van der Waals surface area contributed by atoms with Gasteiger partial charge in [0.15, 0.2) is 11.3 Å². The first-order valence-corrected chi connectivity index (χ1v) is 5.08. The molecule has 0 aromatic carbocycles. The Morgan fingerprint density at radius 2 is 2.29 bits per heavy atom. The van der Waals surface area contributed by atoms with Crippen molar-refractivity contribution in [3.05, 3.63) is 35.8 Å². The smallest absolute Gasteiger partial charge is 0.358 e. The molecule has 0 radical (unpaired) electrons. The molecule has 2 aromatic rings. The summed E-state index contributed by atoms with van der Waals surface area (Å²) < 4.78 is 6.39. The summed E-state index contributed by atoms with van der Waals surface area (Å²) >= 11 is 0. The molecule has 0 unspecified atom stereocenters. The molecule has 6 heteroatoms. The molecule has 0 bridgehead atoms. The van der Waals surface area contributed by atoms with E-state index >= 15 is 0 Å². The van der Waals surface area contributed by atoms with Crippen molar-refractivity contribution in [2.75, 3.05) is 6.61 Å². The van der Waals surface area contributed by atoms with Crippen LogP contribution in [-0.4, -0.2) is 27.9 Å². The number of amides is 1. The van der Waals surface area contributed by atoms with Crippen LogP contribution in [0.3, 0.4) is 0 Å². The van der Waals surface area contributed by atoms with Gasteiger partial charge in [-0.1, -0.05) is 0 Å². The topological polar surface area (TPSA) is 86.7 Å². The maximum atomic E-state index is 11.5. The second-order valence-electron chi connectivity index (χ2n) is 3.36. The summed E-state index contributed by atoms with van der Waals surface area (Å²) in [6.07, 6.45) is 3.18. The first kappa shape index (κ1) is 11.1. The van der Waals surface area contributed by atoms with Gasteiger partial charge in [-0.05, 0) is 19.1 Å². The van der Waals surface area contributed by atoms with Gasteiger partial charge in [-0.15, -0.1) is 0 Å². The van der Waals surface area contributed by atoms with Crippen LogP contribution in [0.4, 0.5) is 0 Å². The molecule has 6 nitrogen and oxygen atoms in total. The molecule has 1 amide bonds. The number of ether oxygens (including phenoxy) is 1. The minimum Gasteiger partial charge on any atom is -0.461 e. The number of primary amides is 1. The summed E-state index contributed by atoms with van der Waals surface area (Å²) in [5, 5.41) is 0. The van der Waals surface area contributed by atoms with Crippen LogP contribution in [0.25, 0.3) is 5.65 Å². The van der Waals surface area contributed by atoms with E-state index in [0.717, 1.165) is 0 Å². The lowest BCUT2D eigenvalue weighted by atomic mass is 10.2. The zero-order valence-electron chi connectivity index (χ0n) is 9.21. The Morgan fingerprint density at radius 1 is 1.53 bits per heavy atom. The van der Waals surface area contributed by atoms with Crippen molar-refractivity contribution < 1.29 is 14.3 Å². The van der Waals surface area contributed by atoms with Crippen LogP contribution in [0, 0.1) is 0 Å². The highest BCUT2D eigenvalue weighted by Crippen LogP contribution is 2.11. The van der Waals surface area contributed by atoms with Crippen LogP contribution >= 0.6 is 0 Å². The van der Waals surface area contributed by atoms with Crippen molar-refractivity contribution in [2.45, 2.75) is 6.92 Å². The van der Waals surface area contributed by atoms with E-state index in [2.05, 4.69) is 4.98 Å². The number of nitrogens with zero attached hydrogens (tertiary/aromatic N) is 2. The average molecular weight is 233 g/mol. The van der Waals surface area contributed by atoms with E-state index in [1.54, 1.807) is 29.7 Å². The summed E-state index contributed by atoms with van der Waals surface area (Å²) in [6.45, 7) is 1.98. The van der Waals surface area contributed by atoms with Crippen LogP contribution in [0.1, 0.15) is 27.8 Å². The van der Waals surface area contributed by atoms with E-state index in [1.165, 1.54) is 6.20 Å². The first-order chi connectivity index (χ1) is 8.13. The molecule has 17 heavy (non-hydrogen) atoms. The lowest BCUT2D eigenvalue weighted by molar-refractivity contribution is 0.0520. The molecule has 0 spiro atoms. The molecule has 0 fully saturated rings. The Morgan fingerprint density at radius 3 is 2.94 bits per heavy atom. The standard InChI is InChI=1S/C11H11N3O3/c1-2-17-11(16)8-6-14-5-3-4-7(9(12)15)10(14)13-8/h3-6H,2H2,1H3,(H2,12,15). The van der Waals surface area contributed by atoms with E-state index < -0.39 is 11.9 Å². The van der Waals surface area contributed by atoms with Crippen molar-refractivity contribution in [2.24, 2.45) is 5.73 Å². The number of carbonyl (C=O) groups is 2. The lowest BCUT2D eigenvalue weighted by Crippen LogP contribution is -2.12. The molecular weight excluding hydrogens is 222 g/mol. The maximum absolute atomic E-state index is 11.5.